The minimum absolute atomic E-state index is 0.194. The Bertz CT molecular complexity index is 1340. The first-order valence-corrected chi connectivity index (χ1v) is 11.7. The molecular formula is C28H26FN3O3. The van der Waals surface area contributed by atoms with Crippen LogP contribution in [0.2, 0.25) is 0 Å². The molecule has 0 amide bonds. The van der Waals surface area contributed by atoms with Crippen molar-refractivity contribution < 1.29 is 18.7 Å². The minimum atomic E-state index is -0.614. The first-order chi connectivity index (χ1) is 17.1. The van der Waals surface area contributed by atoms with E-state index in [2.05, 4.69) is 15.9 Å². The van der Waals surface area contributed by atoms with Crippen molar-refractivity contribution in [3.8, 4) is 23.1 Å². The summed E-state index contributed by atoms with van der Waals surface area (Å²) in [4.78, 5) is 4.44. The number of hydrogen-bond acceptors (Lipinski definition) is 6. The first-order valence-electron chi connectivity index (χ1n) is 11.7. The lowest BCUT2D eigenvalue weighted by molar-refractivity contribution is 0.0663. The zero-order chi connectivity index (χ0) is 24.2. The van der Waals surface area contributed by atoms with Crippen LogP contribution in [0.3, 0.4) is 0 Å². The lowest BCUT2D eigenvalue weighted by Gasteiger charge is -2.37. The monoisotopic (exact) mass is 471 g/mol. The second-order valence-corrected chi connectivity index (χ2v) is 8.70. The summed E-state index contributed by atoms with van der Waals surface area (Å²) >= 11 is 0. The molecular weight excluding hydrogens is 445 g/mol. The minimum Gasteiger partial charge on any atom is -0.491 e. The number of fused-ring (bicyclic) bond motifs is 1. The van der Waals surface area contributed by atoms with Gasteiger partial charge in [0.15, 0.2) is 0 Å². The Morgan fingerprint density at radius 1 is 1.03 bits per heavy atom. The van der Waals surface area contributed by atoms with Gasteiger partial charge in [-0.25, -0.2) is 4.39 Å². The van der Waals surface area contributed by atoms with Crippen LogP contribution in [0.4, 0.5) is 10.1 Å². The standard InChI is InChI=1S/C28H26FN3O3/c29-23-7-10-26-22(15-23)18-35-28(26)20-5-8-25(9-6-20)34-19-24(33)17-31-11-13-32(14-12-31)27-4-2-1-3-21(27)16-30/h1-10,15,18,24,33H,11-14,17,19H2. The summed E-state index contributed by atoms with van der Waals surface area (Å²) in [5.41, 5.74) is 2.53. The highest BCUT2D eigenvalue weighted by Crippen LogP contribution is 2.32. The predicted octanol–water partition coefficient (Wildman–Crippen LogP) is 4.67. The van der Waals surface area contributed by atoms with Gasteiger partial charge in [-0.1, -0.05) is 12.1 Å². The number of hydrogen-bond donors (Lipinski definition) is 1. The van der Waals surface area contributed by atoms with Gasteiger partial charge in [0, 0.05) is 49.1 Å². The molecule has 3 aromatic carbocycles. The molecule has 1 saturated heterocycles. The number of ether oxygens (including phenoxy) is 1. The van der Waals surface area contributed by atoms with Gasteiger partial charge in [-0.2, -0.15) is 5.26 Å². The number of aliphatic hydroxyl groups is 1. The second-order valence-electron chi connectivity index (χ2n) is 8.70. The quantitative estimate of drug-likeness (QED) is 0.422. The highest BCUT2D eigenvalue weighted by Gasteiger charge is 2.21. The zero-order valence-electron chi connectivity index (χ0n) is 19.2. The van der Waals surface area contributed by atoms with E-state index in [1.54, 1.807) is 12.3 Å². The van der Waals surface area contributed by atoms with Crippen molar-refractivity contribution in [2.75, 3.05) is 44.2 Å². The number of aliphatic hydroxyl groups excluding tert-OH is 1. The molecule has 6 nitrogen and oxygen atoms in total. The third kappa shape index (κ3) is 5.14. The fourth-order valence-corrected chi connectivity index (χ4v) is 4.51. The Balaban J connectivity index is 1.11. The fraction of sp³-hybridized carbons (Fsp3) is 0.250. The van der Waals surface area contributed by atoms with E-state index >= 15 is 0 Å². The second kappa shape index (κ2) is 10.2. The van der Waals surface area contributed by atoms with Gasteiger partial charge in [0.2, 0.25) is 0 Å². The molecule has 0 aliphatic carbocycles. The van der Waals surface area contributed by atoms with E-state index in [0.29, 0.717) is 23.6 Å². The van der Waals surface area contributed by atoms with E-state index in [0.717, 1.165) is 48.2 Å². The SMILES string of the molecule is N#Cc1ccccc1N1CCN(CC(O)COc2ccc(-c3occ4cc(F)ccc34)cc2)CC1. The van der Waals surface area contributed by atoms with Crippen molar-refractivity contribution in [1.29, 1.82) is 5.26 Å². The number of β-amino-alcohol motifs (C(OH)–C–C–N with tert-alkyl or cyclic N) is 1. The summed E-state index contributed by atoms with van der Waals surface area (Å²) in [5, 5.41) is 21.4. The normalized spacial score (nSPS) is 15.2. The van der Waals surface area contributed by atoms with Gasteiger partial charge in [-0.05, 0) is 54.6 Å². The maximum absolute atomic E-state index is 13.4. The van der Waals surface area contributed by atoms with Crippen molar-refractivity contribution in [2.45, 2.75) is 6.10 Å². The molecule has 7 heteroatoms. The molecule has 0 saturated carbocycles. The molecule has 4 aromatic rings. The Hall–Kier alpha value is -3.86. The number of piperazine rings is 1. The average molecular weight is 472 g/mol. The molecule has 1 unspecified atom stereocenters. The van der Waals surface area contributed by atoms with Crippen LogP contribution in [-0.2, 0) is 0 Å². The smallest absolute Gasteiger partial charge is 0.141 e. The molecule has 1 aromatic heterocycles. The number of anilines is 1. The van der Waals surface area contributed by atoms with E-state index < -0.39 is 6.10 Å². The summed E-state index contributed by atoms with van der Waals surface area (Å²) in [6, 6.07) is 22.0. The van der Waals surface area contributed by atoms with E-state index in [9.17, 15) is 14.8 Å². The number of furan rings is 1. The largest absolute Gasteiger partial charge is 0.491 e. The van der Waals surface area contributed by atoms with Crippen LogP contribution in [0.1, 0.15) is 5.56 Å². The molecule has 2 heterocycles. The lowest BCUT2D eigenvalue weighted by Crippen LogP contribution is -2.49. The van der Waals surface area contributed by atoms with Crippen LogP contribution in [0.5, 0.6) is 5.75 Å². The van der Waals surface area contributed by atoms with E-state index in [-0.39, 0.29) is 12.4 Å². The van der Waals surface area contributed by atoms with Gasteiger partial charge >= 0.3 is 0 Å². The van der Waals surface area contributed by atoms with Gasteiger partial charge < -0.3 is 19.2 Å². The highest BCUT2D eigenvalue weighted by atomic mass is 19.1. The number of halogens is 1. The number of para-hydroxylation sites is 1. The van der Waals surface area contributed by atoms with E-state index in [1.807, 2.05) is 48.5 Å². The number of benzene rings is 3. The molecule has 35 heavy (non-hydrogen) atoms. The van der Waals surface area contributed by atoms with Gasteiger partial charge in [0.25, 0.3) is 0 Å². The van der Waals surface area contributed by atoms with Crippen molar-refractivity contribution in [3.63, 3.8) is 0 Å². The molecule has 1 N–H and O–H groups in total. The number of nitrogens with zero attached hydrogens (tertiary/aromatic N) is 3. The molecule has 5 rings (SSSR count). The van der Waals surface area contributed by atoms with Gasteiger partial charge in [-0.15, -0.1) is 0 Å². The Morgan fingerprint density at radius 3 is 2.57 bits per heavy atom. The summed E-state index contributed by atoms with van der Waals surface area (Å²) in [7, 11) is 0. The van der Waals surface area contributed by atoms with E-state index in [1.165, 1.54) is 12.1 Å². The van der Waals surface area contributed by atoms with Crippen molar-refractivity contribution in [2.24, 2.45) is 0 Å². The molecule has 1 aliphatic rings. The predicted molar refractivity (Wildman–Crippen MR) is 133 cm³/mol. The average Bonchev–Trinajstić information content (AvgIpc) is 3.31. The van der Waals surface area contributed by atoms with Gasteiger partial charge in [0.05, 0.1) is 17.5 Å². The maximum Gasteiger partial charge on any atom is 0.141 e. The van der Waals surface area contributed by atoms with Crippen LogP contribution < -0.4 is 9.64 Å². The Labute approximate surface area is 203 Å². The topological polar surface area (TPSA) is 72.9 Å². The molecule has 1 aliphatic heterocycles. The van der Waals surface area contributed by atoms with Crippen molar-refractivity contribution in [1.82, 2.24) is 4.90 Å². The van der Waals surface area contributed by atoms with Crippen LogP contribution in [0.25, 0.3) is 22.1 Å². The summed E-state index contributed by atoms with van der Waals surface area (Å²) < 4.78 is 24.9. The summed E-state index contributed by atoms with van der Waals surface area (Å²) in [5.74, 6) is 1.05. The lowest BCUT2D eigenvalue weighted by atomic mass is 10.1. The zero-order valence-corrected chi connectivity index (χ0v) is 19.2. The van der Waals surface area contributed by atoms with Gasteiger partial charge in [-0.3, -0.25) is 4.90 Å². The third-order valence-corrected chi connectivity index (χ3v) is 6.33. The summed E-state index contributed by atoms with van der Waals surface area (Å²) in [6.45, 7) is 3.96. The number of nitriles is 1. The molecule has 178 valence electrons. The van der Waals surface area contributed by atoms with Crippen LogP contribution in [0, 0.1) is 17.1 Å². The molecule has 1 fully saturated rings. The summed E-state index contributed by atoms with van der Waals surface area (Å²) in [6.07, 6.45) is 0.938. The van der Waals surface area contributed by atoms with Crippen LogP contribution >= 0.6 is 0 Å². The van der Waals surface area contributed by atoms with Gasteiger partial charge in [0.1, 0.15) is 36.1 Å². The molecule has 0 bridgehead atoms. The van der Waals surface area contributed by atoms with Crippen molar-refractivity contribution >= 4 is 16.5 Å². The Morgan fingerprint density at radius 2 is 1.80 bits per heavy atom. The fourth-order valence-electron chi connectivity index (χ4n) is 4.51. The molecule has 0 spiro atoms. The molecule has 1 atom stereocenters. The maximum atomic E-state index is 13.4. The first kappa shape index (κ1) is 22.9. The Kier molecular flexibility index (Phi) is 6.66. The number of rotatable bonds is 7. The third-order valence-electron chi connectivity index (χ3n) is 6.33. The van der Waals surface area contributed by atoms with Crippen LogP contribution in [0.15, 0.2) is 77.4 Å². The molecule has 0 radical (unpaired) electrons. The van der Waals surface area contributed by atoms with Crippen molar-refractivity contribution in [3.05, 3.63) is 84.4 Å². The highest BCUT2D eigenvalue weighted by molar-refractivity contribution is 5.94. The van der Waals surface area contributed by atoms with Crippen LogP contribution in [-0.4, -0.2) is 55.4 Å². The van der Waals surface area contributed by atoms with E-state index in [4.69, 9.17) is 9.15 Å².